The zero-order chi connectivity index (χ0) is 22.5. The highest BCUT2D eigenvalue weighted by Gasteiger charge is 2.17. The molecular weight excluding hydrogens is 429 g/mol. The minimum absolute atomic E-state index is 0.0751. The van der Waals surface area contributed by atoms with E-state index in [1.54, 1.807) is 41.0 Å². The third-order valence-corrected chi connectivity index (χ3v) is 5.46. The van der Waals surface area contributed by atoms with Crippen LogP contribution < -0.4 is 11.1 Å². The van der Waals surface area contributed by atoms with Crippen molar-refractivity contribution < 1.29 is 14.0 Å². The zero-order valence-corrected chi connectivity index (χ0v) is 17.6. The number of halogens is 1. The van der Waals surface area contributed by atoms with Crippen LogP contribution in [0, 0.1) is 5.82 Å². The second-order valence-electron chi connectivity index (χ2n) is 6.76. The first-order chi connectivity index (χ1) is 15.5. The maximum atomic E-state index is 13.5. The number of amides is 2. The van der Waals surface area contributed by atoms with E-state index in [1.807, 2.05) is 30.3 Å². The molecule has 0 aliphatic heterocycles. The van der Waals surface area contributed by atoms with Crippen molar-refractivity contribution in [2.75, 3.05) is 11.1 Å². The largest absolute Gasteiger partial charge is 0.366 e. The number of benzene rings is 3. The van der Waals surface area contributed by atoms with E-state index in [-0.39, 0.29) is 17.5 Å². The lowest BCUT2D eigenvalue weighted by atomic mass is 10.2. The van der Waals surface area contributed by atoms with Crippen LogP contribution in [-0.2, 0) is 4.79 Å². The average Bonchev–Trinajstić information content (AvgIpc) is 3.23. The number of hydrogen-bond donors (Lipinski definition) is 2. The Kier molecular flexibility index (Phi) is 6.27. The molecule has 1 heterocycles. The lowest BCUT2D eigenvalue weighted by Crippen LogP contribution is -2.15. The van der Waals surface area contributed by atoms with Gasteiger partial charge in [-0.05, 0) is 48.5 Å². The monoisotopic (exact) mass is 447 g/mol. The maximum absolute atomic E-state index is 13.5. The van der Waals surface area contributed by atoms with Crippen LogP contribution in [0.2, 0.25) is 0 Å². The normalized spacial score (nSPS) is 10.7. The minimum atomic E-state index is -0.534. The lowest BCUT2D eigenvalue weighted by molar-refractivity contribution is -0.113. The van der Waals surface area contributed by atoms with Gasteiger partial charge >= 0.3 is 0 Å². The summed E-state index contributed by atoms with van der Waals surface area (Å²) < 4.78 is 15.2. The molecule has 160 valence electrons. The van der Waals surface area contributed by atoms with Crippen molar-refractivity contribution in [1.82, 2.24) is 14.8 Å². The summed E-state index contributed by atoms with van der Waals surface area (Å²) in [7, 11) is 0. The van der Waals surface area contributed by atoms with Crippen LogP contribution in [0.4, 0.5) is 10.1 Å². The first kappa shape index (κ1) is 21.3. The summed E-state index contributed by atoms with van der Waals surface area (Å²) in [6.45, 7) is 0. The van der Waals surface area contributed by atoms with Crippen molar-refractivity contribution in [2.24, 2.45) is 5.73 Å². The Morgan fingerprint density at radius 3 is 2.28 bits per heavy atom. The Bertz CT molecular complexity index is 1240. The number of rotatable bonds is 7. The van der Waals surface area contributed by atoms with Gasteiger partial charge in [0.05, 0.1) is 5.75 Å². The molecular formula is C23H18FN5O2S. The first-order valence-electron chi connectivity index (χ1n) is 9.60. The predicted octanol–water partition coefficient (Wildman–Crippen LogP) is 3.90. The number of carbonyl (C=O) groups is 2. The summed E-state index contributed by atoms with van der Waals surface area (Å²) in [5.41, 5.74) is 7.66. The number of aromatic nitrogens is 3. The van der Waals surface area contributed by atoms with E-state index in [1.165, 1.54) is 23.9 Å². The van der Waals surface area contributed by atoms with E-state index >= 15 is 0 Å². The van der Waals surface area contributed by atoms with Crippen LogP contribution in [0.5, 0.6) is 0 Å². The van der Waals surface area contributed by atoms with E-state index in [4.69, 9.17) is 5.73 Å². The smallest absolute Gasteiger partial charge is 0.248 e. The minimum Gasteiger partial charge on any atom is -0.366 e. The number of nitrogens with two attached hydrogens (primary N) is 1. The van der Waals surface area contributed by atoms with Crippen molar-refractivity contribution in [3.8, 4) is 17.1 Å². The summed E-state index contributed by atoms with van der Waals surface area (Å²) in [6.07, 6.45) is 0. The number of anilines is 1. The van der Waals surface area contributed by atoms with Gasteiger partial charge in [0.2, 0.25) is 11.8 Å². The van der Waals surface area contributed by atoms with Gasteiger partial charge in [-0.3, -0.25) is 14.2 Å². The molecule has 0 saturated heterocycles. The Morgan fingerprint density at radius 1 is 0.938 bits per heavy atom. The highest BCUT2D eigenvalue weighted by Crippen LogP contribution is 2.28. The molecule has 4 aromatic rings. The second-order valence-corrected chi connectivity index (χ2v) is 7.70. The predicted molar refractivity (Wildman–Crippen MR) is 121 cm³/mol. The van der Waals surface area contributed by atoms with Crippen LogP contribution in [-0.4, -0.2) is 32.3 Å². The second kappa shape index (κ2) is 9.44. The quantitative estimate of drug-likeness (QED) is 0.418. The van der Waals surface area contributed by atoms with E-state index in [9.17, 15) is 14.0 Å². The zero-order valence-electron chi connectivity index (χ0n) is 16.7. The molecule has 9 heteroatoms. The van der Waals surface area contributed by atoms with E-state index in [2.05, 4.69) is 15.5 Å². The molecule has 0 atom stereocenters. The van der Waals surface area contributed by atoms with Crippen LogP contribution >= 0.6 is 11.8 Å². The van der Waals surface area contributed by atoms with Crippen LogP contribution in [0.3, 0.4) is 0 Å². The first-order valence-corrected chi connectivity index (χ1v) is 10.6. The van der Waals surface area contributed by atoms with Crippen LogP contribution in [0.15, 0.2) is 84.0 Å². The fraction of sp³-hybridized carbons (Fsp3) is 0.0435. The van der Waals surface area contributed by atoms with Crippen molar-refractivity contribution in [2.45, 2.75) is 5.16 Å². The summed E-state index contributed by atoms with van der Waals surface area (Å²) >= 11 is 1.21. The summed E-state index contributed by atoms with van der Waals surface area (Å²) in [6, 6.07) is 21.8. The topological polar surface area (TPSA) is 103 Å². The van der Waals surface area contributed by atoms with Gasteiger partial charge in [-0.15, -0.1) is 10.2 Å². The fourth-order valence-electron chi connectivity index (χ4n) is 3.01. The molecule has 0 aliphatic carbocycles. The van der Waals surface area contributed by atoms with Gasteiger partial charge in [-0.2, -0.15) is 0 Å². The molecule has 0 aliphatic rings. The molecule has 2 amide bonds. The van der Waals surface area contributed by atoms with Gasteiger partial charge in [-0.1, -0.05) is 42.1 Å². The van der Waals surface area contributed by atoms with Gasteiger partial charge in [0.25, 0.3) is 0 Å². The molecule has 0 spiro atoms. The maximum Gasteiger partial charge on any atom is 0.248 e. The molecule has 0 bridgehead atoms. The Balaban J connectivity index is 1.54. The van der Waals surface area contributed by atoms with Gasteiger partial charge < -0.3 is 11.1 Å². The summed E-state index contributed by atoms with van der Waals surface area (Å²) in [5, 5.41) is 11.8. The van der Waals surface area contributed by atoms with Gasteiger partial charge in [0, 0.05) is 22.5 Å². The van der Waals surface area contributed by atoms with Crippen LogP contribution in [0.25, 0.3) is 17.1 Å². The molecule has 0 saturated carbocycles. The molecule has 32 heavy (non-hydrogen) atoms. The van der Waals surface area contributed by atoms with Crippen LogP contribution in [0.1, 0.15) is 10.4 Å². The Labute approximate surface area is 187 Å². The molecule has 7 nitrogen and oxygen atoms in total. The SMILES string of the molecule is NC(=O)c1ccc(NC(=O)CSc2nnc(-c3ccccc3)n2-c2ccc(F)cc2)cc1. The number of nitrogens with one attached hydrogen (secondary N) is 1. The molecule has 0 radical (unpaired) electrons. The number of carbonyl (C=O) groups excluding carboxylic acids is 2. The highest BCUT2D eigenvalue weighted by atomic mass is 32.2. The van der Waals surface area contributed by atoms with E-state index < -0.39 is 5.91 Å². The third-order valence-electron chi connectivity index (χ3n) is 4.54. The van der Waals surface area contributed by atoms with Crippen molar-refractivity contribution in [3.63, 3.8) is 0 Å². The van der Waals surface area contributed by atoms with Crippen molar-refractivity contribution in [3.05, 3.63) is 90.2 Å². The average molecular weight is 447 g/mol. The van der Waals surface area contributed by atoms with Gasteiger partial charge in [-0.25, -0.2) is 4.39 Å². The summed E-state index contributed by atoms with van der Waals surface area (Å²) in [5.74, 6) is -0.475. The van der Waals surface area contributed by atoms with Gasteiger partial charge in [0.1, 0.15) is 5.82 Å². The number of thioether (sulfide) groups is 1. The molecule has 0 fully saturated rings. The molecule has 1 aromatic heterocycles. The number of hydrogen-bond acceptors (Lipinski definition) is 5. The molecule has 3 N–H and O–H groups in total. The molecule has 3 aromatic carbocycles. The van der Waals surface area contributed by atoms with E-state index in [0.717, 1.165) is 5.56 Å². The van der Waals surface area contributed by atoms with Crippen molar-refractivity contribution in [1.29, 1.82) is 0 Å². The fourth-order valence-corrected chi connectivity index (χ4v) is 3.76. The number of primary amides is 1. The van der Waals surface area contributed by atoms with Gasteiger partial charge in [0.15, 0.2) is 11.0 Å². The van der Waals surface area contributed by atoms with Crippen molar-refractivity contribution >= 4 is 29.3 Å². The molecule has 0 unspecified atom stereocenters. The number of nitrogens with zero attached hydrogens (tertiary/aromatic N) is 3. The standard InChI is InChI=1S/C23H18FN5O2S/c24-17-8-12-19(13-9-17)29-22(16-4-2-1-3-5-16)27-28-23(29)32-14-20(30)26-18-10-6-15(7-11-18)21(25)31/h1-13H,14H2,(H2,25,31)(H,26,30). The lowest BCUT2D eigenvalue weighted by Gasteiger charge is -2.10. The summed E-state index contributed by atoms with van der Waals surface area (Å²) in [4.78, 5) is 23.6. The molecule has 4 rings (SSSR count). The Hall–Kier alpha value is -3.98. The highest BCUT2D eigenvalue weighted by molar-refractivity contribution is 7.99. The van der Waals surface area contributed by atoms with E-state index in [0.29, 0.717) is 27.9 Å². The third kappa shape index (κ3) is 4.84. The Morgan fingerprint density at radius 2 is 1.62 bits per heavy atom.